The number of benzene rings is 1. The maximum absolute atomic E-state index is 13.3. The summed E-state index contributed by atoms with van der Waals surface area (Å²) in [7, 11) is 0. The largest absolute Gasteiger partial charge is 0.499 e. The molecule has 0 saturated carbocycles. The van der Waals surface area contributed by atoms with Gasteiger partial charge in [0.15, 0.2) is 5.06 Å². The lowest BCUT2D eigenvalue weighted by Gasteiger charge is -2.16. The summed E-state index contributed by atoms with van der Waals surface area (Å²) in [5.41, 5.74) is -5.93. The number of aromatic hydroxyl groups is 1. The summed E-state index contributed by atoms with van der Waals surface area (Å²) in [5.74, 6) is 0. The Balaban J connectivity index is 2.38. The molecule has 3 aromatic rings. The molecule has 0 unspecified atom stereocenters. The van der Waals surface area contributed by atoms with E-state index in [1.807, 2.05) is 0 Å². The number of hydrogen-bond donors (Lipinski definition) is 1. The van der Waals surface area contributed by atoms with Crippen LogP contribution in [0.1, 0.15) is 11.1 Å². The van der Waals surface area contributed by atoms with Crippen LogP contribution < -0.4 is 5.43 Å². The molecule has 0 radical (unpaired) electrons. The summed E-state index contributed by atoms with van der Waals surface area (Å²) in [4.78, 5) is 16.3. The van der Waals surface area contributed by atoms with Gasteiger partial charge in [-0.2, -0.15) is 26.3 Å². The highest BCUT2D eigenvalue weighted by Gasteiger charge is 2.39. The molecular formula is C16H7F6NO2S. The van der Waals surface area contributed by atoms with Crippen LogP contribution in [0.5, 0.6) is 5.06 Å². The SMILES string of the molecule is O=c1c(-c2ccc(C(F)(F)F)cc2C(F)(F)F)c(O)sc2cccnc12. The molecule has 1 aromatic carbocycles. The molecule has 0 aliphatic carbocycles. The molecule has 0 aliphatic rings. The van der Waals surface area contributed by atoms with Crippen LogP contribution in [0, 0.1) is 0 Å². The van der Waals surface area contributed by atoms with Crippen molar-refractivity contribution in [1.29, 1.82) is 0 Å². The quantitative estimate of drug-likeness (QED) is 0.590. The molecule has 2 heterocycles. The monoisotopic (exact) mass is 391 g/mol. The van der Waals surface area contributed by atoms with Crippen LogP contribution in [-0.2, 0) is 12.4 Å². The molecule has 0 spiro atoms. The Morgan fingerprint density at radius 1 is 1.00 bits per heavy atom. The van der Waals surface area contributed by atoms with Gasteiger partial charge in [-0.1, -0.05) is 17.4 Å². The summed E-state index contributed by atoms with van der Waals surface area (Å²) in [6, 6.07) is 3.79. The predicted molar refractivity (Wildman–Crippen MR) is 83.0 cm³/mol. The zero-order chi connectivity index (χ0) is 19.3. The Labute approximate surface area is 145 Å². The normalized spacial score (nSPS) is 12.5. The molecule has 136 valence electrons. The molecule has 0 atom stereocenters. The second-order valence-electron chi connectivity index (χ2n) is 5.22. The van der Waals surface area contributed by atoms with Crippen LogP contribution in [0.4, 0.5) is 26.3 Å². The zero-order valence-electron chi connectivity index (χ0n) is 12.4. The van der Waals surface area contributed by atoms with E-state index in [2.05, 4.69) is 4.98 Å². The fourth-order valence-electron chi connectivity index (χ4n) is 2.42. The van der Waals surface area contributed by atoms with Crippen LogP contribution in [-0.4, -0.2) is 10.1 Å². The Kier molecular flexibility index (Phi) is 4.18. The lowest BCUT2D eigenvalue weighted by Crippen LogP contribution is -2.15. The van der Waals surface area contributed by atoms with E-state index < -0.39 is 45.1 Å². The van der Waals surface area contributed by atoms with E-state index >= 15 is 0 Å². The van der Waals surface area contributed by atoms with E-state index in [0.717, 1.165) is 0 Å². The first-order valence-corrected chi connectivity index (χ1v) is 7.71. The van der Waals surface area contributed by atoms with Crippen molar-refractivity contribution in [2.24, 2.45) is 0 Å². The van der Waals surface area contributed by atoms with Crippen molar-refractivity contribution in [1.82, 2.24) is 4.98 Å². The molecular weight excluding hydrogens is 384 g/mol. The Bertz CT molecular complexity index is 1060. The average Bonchev–Trinajstić information content (AvgIpc) is 2.53. The summed E-state index contributed by atoms with van der Waals surface area (Å²) in [5, 5.41) is 9.33. The summed E-state index contributed by atoms with van der Waals surface area (Å²) < 4.78 is 78.5. The number of hydrogen-bond acceptors (Lipinski definition) is 4. The second-order valence-corrected chi connectivity index (χ2v) is 6.25. The van der Waals surface area contributed by atoms with E-state index in [1.54, 1.807) is 0 Å². The topological polar surface area (TPSA) is 50.2 Å². The molecule has 3 nitrogen and oxygen atoms in total. The fourth-order valence-corrected chi connectivity index (χ4v) is 3.33. The van der Waals surface area contributed by atoms with Crippen LogP contribution >= 0.6 is 11.3 Å². The van der Waals surface area contributed by atoms with Crippen molar-refractivity contribution in [3.63, 3.8) is 0 Å². The predicted octanol–water partition coefficient (Wildman–Crippen LogP) is 5.07. The number of alkyl halides is 6. The maximum Gasteiger partial charge on any atom is 0.417 e. The number of fused-ring (bicyclic) bond motifs is 1. The van der Waals surface area contributed by atoms with Gasteiger partial charge in [0, 0.05) is 11.8 Å². The van der Waals surface area contributed by atoms with Gasteiger partial charge in [0.1, 0.15) is 5.52 Å². The van der Waals surface area contributed by atoms with Gasteiger partial charge in [0.25, 0.3) is 0 Å². The molecule has 0 aliphatic heterocycles. The molecule has 0 bridgehead atoms. The molecule has 10 heteroatoms. The number of pyridine rings is 1. The molecule has 0 saturated heterocycles. The van der Waals surface area contributed by atoms with Gasteiger partial charge >= 0.3 is 12.4 Å². The first kappa shape index (κ1) is 18.2. The summed E-state index contributed by atoms with van der Waals surface area (Å²) in [6.45, 7) is 0. The van der Waals surface area contributed by atoms with E-state index in [4.69, 9.17) is 0 Å². The minimum Gasteiger partial charge on any atom is -0.499 e. The first-order chi connectivity index (χ1) is 12.0. The molecule has 1 N–H and O–H groups in total. The van der Waals surface area contributed by atoms with E-state index in [9.17, 15) is 36.2 Å². The molecule has 26 heavy (non-hydrogen) atoms. The van der Waals surface area contributed by atoms with Crippen molar-refractivity contribution in [3.8, 4) is 16.2 Å². The number of nitrogens with zero attached hydrogens (tertiary/aromatic N) is 1. The van der Waals surface area contributed by atoms with Gasteiger partial charge in [-0.05, 0) is 24.3 Å². The van der Waals surface area contributed by atoms with Gasteiger partial charge in [-0.3, -0.25) is 9.78 Å². The van der Waals surface area contributed by atoms with E-state index in [0.29, 0.717) is 23.5 Å². The van der Waals surface area contributed by atoms with Gasteiger partial charge in [-0.15, -0.1) is 0 Å². The maximum atomic E-state index is 13.3. The molecule has 2 aromatic heterocycles. The Morgan fingerprint density at radius 2 is 1.69 bits per heavy atom. The van der Waals surface area contributed by atoms with Crippen LogP contribution in [0.25, 0.3) is 21.3 Å². The van der Waals surface area contributed by atoms with Crippen molar-refractivity contribution < 1.29 is 31.4 Å². The number of rotatable bonds is 1. The van der Waals surface area contributed by atoms with Crippen LogP contribution in [0.15, 0.2) is 41.3 Å². The highest BCUT2D eigenvalue weighted by Crippen LogP contribution is 2.43. The third-order valence-corrected chi connectivity index (χ3v) is 4.50. The molecule has 0 amide bonds. The lowest BCUT2D eigenvalue weighted by atomic mass is 9.97. The standard InChI is InChI=1S/C16H7F6NO2S/c17-15(18,19)7-3-4-8(9(6-7)16(20,21)22)11-13(24)12-10(26-14(11)25)2-1-5-23-12/h1-6,25H. The second kappa shape index (κ2) is 5.97. The van der Waals surface area contributed by atoms with Crippen molar-refractivity contribution >= 4 is 21.6 Å². The summed E-state index contributed by atoms with van der Waals surface area (Å²) >= 11 is 0.610. The minimum atomic E-state index is -5.17. The third kappa shape index (κ3) is 3.12. The van der Waals surface area contributed by atoms with Crippen molar-refractivity contribution in [3.05, 3.63) is 57.9 Å². The Hall–Kier alpha value is -2.62. The highest BCUT2D eigenvalue weighted by atomic mass is 32.1. The number of aromatic nitrogens is 1. The van der Waals surface area contributed by atoms with E-state index in [-0.39, 0.29) is 16.3 Å². The zero-order valence-corrected chi connectivity index (χ0v) is 13.3. The first-order valence-electron chi connectivity index (χ1n) is 6.90. The fraction of sp³-hybridized carbons (Fsp3) is 0.125. The number of halogens is 6. The minimum absolute atomic E-state index is 0.0818. The van der Waals surface area contributed by atoms with Gasteiger partial charge in [-0.25, -0.2) is 0 Å². The smallest absolute Gasteiger partial charge is 0.417 e. The van der Waals surface area contributed by atoms with Gasteiger partial charge < -0.3 is 5.11 Å². The van der Waals surface area contributed by atoms with E-state index in [1.165, 1.54) is 18.3 Å². The molecule has 3 rings (SSSR count). The van der Waals surface area contributed by atoms with Crippen LogP contribution in [0.2, 0.25) is 0 Å². The highest BCUT2D eigenvalue weighted by molar-refractivity contribution is 7.20. The van der Waals surface area contributed by atoms with Crippen LogP contribution in [0.3, 0.4) is 0 Å². The summed E-state index contributed by atoms with van der Waals surface area (Å²) in [6.07, 6.45) is -8.91. The average molecular weight is 391 g/mol. The lowest BCUT2D eigenvalue weighted by molar-refractivity contribution is -0.142. The van der Waals surface area contributed by atoms with Gasteiger partial charge in [0.05, 0.1) is 21.4 Å². The van der Waals surface area contributed by atoms with Gasteiger partial charge in [0.2, 0.25) is 5.43 Å². The molecule has 0 fully saturated rings. The van der Waals surface area contributed by atoms with Crippen molar-refractivity contribution in [2.45, 2.75) is 12.4 Å². The Morgan fingerprint density at radius 3 is 2.31 bits per heavy atom. The third-order valence-electron chi connectivity index (χ3n) is 3.55. The van der Waals surface area contributed by atoms with Crippen molar-refractivity contribution in [2.75, 3.05) is 0 Å².